The summed E-state index contributed by atoms with van der Waals surface area (Å²) in [4.78, 5) is 19.4. The number of para-hydroxylation sites is 1. The van der Waals surface area contributed by atoms with Crippen LogP contribution >= 0.6 is 22.7 Å². The Balaban J connectivity index is 1.89. The number of carbonyl (C=O) groups is 1. The summed E-state index contributed by atoms with van der Waals surface area (Å²) < 4.78 is 1.14. The molecule has 0 bridgehead atoms. The lowest BCUT2D eigenvalue weighted by atomic mass is 9.90. The minimum atomic E-state index is -0.845. The predicted octanol–water partition coefficient (Wildman–Crippen LogP) is 5.37. The number of carboxylic acid groups (broad SMARTS) is 1. The smallest absolute Gasteiger partial charge is 0.408 e. The molecule has 3 aromatic rings. The van der Waals surface area contributed by atoms with Crippen LogP contribution in [0.2, 0.25) is 0 Å². The van der Waals surface area contributed by atoms with E-state index in [-0.39, 0.29) is 12.1 Å². The van der Waals surface area contributed by atoms with Gasteiger partial charge in [0, 0.05) is 16.5 Å². The Morgan fingerprint density at radius 2 is 2.08 bits per heavy atom. The van der Waals surface area contributed by atoms with Gasteiger partial charge in [-0.3, -0.25) is 4.90 Å². The monoisotopic (exact) mass is 387 g/mol. The Labute approximate surface area is 160 Å². The van der Waals surface area contributed by atoms with Crippen LogP contribution in [0.4, 0.5) is 9.80 Å². The first-order valence-corrected chi connectivity index (χ1v) is 10.5. The predicted molar refractivity (Wildman–Crippen MR) is 108 cm³/mol. The molecule has 1 amide bonds. The Morgan fingerprint density at radius 3 is 2.73 bits per heavy atom. The molecule has 2 aromatic heterocycles. The van der Waals surface area contributed by atoms with E-state index in [9.17, 15) is 9.90 Å². The van der Waals surface area contributed by atoms with Crippen molar-refractivity contribution in [2.45, 2.75) is 45.2 Å². The fraction of sp³-hybridized carbons (Fsp3) is 0.368. The Bertz CT molecular complexity index is 945. The van der Waals surface area contributed by atoms with E-state index in [2.05, 4.69) is 6.07 Å². The van der Waals surface area contributed by atoms with Gasteiger partial charge in [-0.05, 0) is 37.0 Å². The number of rotatable bonds is 3. The van der Waals surface area contributed by atoms with Crippen molar-refractivity contribution in [3.63, 3.8) is 0 Å². The molecule has 4 rings (SSSR count). The van der Waals surface area contributed by atoms with Crippen LogP contribution < -0.4 is 5.73 Å². The van der Waals surface area contributed by atoms with Crippen LogP contribution in [0, 0.1) is 0 Å². The molecule has 0 saturated carbocycles. The average Bonchev–Trinajstić information content (AvgIpc) is 3.19. The van der Waals surface area contributed by atoms with Gasteiger partial charge in [0.05, 0.1) is 21.3 Å². The van der Waals surface area contributed by atoms with Gasteiger partial charge in [-0.1, -0.05) is 26.0 Å². The van der Waals surface area contributed by atoms with E-state index in [1.807, 2.05) is 32.0 Å². The average molecular weight is 388 g/mol. The van der Waals surface area contributed by atoms with E-state index < -0.39 is 6.09 Å². The Kier molecular flexibility index (Phi) is 4.36. The molecule has 1 aliphatic rings. The maximum atomic E-state index is 11.9. The van der Waals surface area contributed by atoms with E-state index in [1.54, 1.807) is 16.2 Å². The molecule has 3 heterocycles. The van der Waals surface area contributed by atoms with Crippen molar-refractivity contribution in [2.75, 3.05) is 5.73 Å². The maximum absolute atomic E-state index is 11.9. The highest BCUT2D eigenvalue weighted by Gasteiger charge is 2.39. The van der Waals surface area contributed by atoms with Gasteiger partial charge in [-0.15, -0.1) is 22.7 Å². The molecule has 136 valence electrons. The van der Waals surface area contributed by atoms with Crippen LogP contribution in [0.3, 0.4) is 0 Å². The van der Waals surface area contributed by atoms with Gasteiger partial charge in [0.15, 0.2) is 0 Å². The number of thiophene rings is 1. The van der Waals surface area contributed by atoms with Gasteiger partial charge in [-0.2, -0.15) is 0 Å². The van der Waals surface area contributed by atoms with Gasteiger partial charge < -0.3 is 10.8 Å². The van der Waals surface area contributed by atoms with Crippen molar-refractivity contribution in [1.29, 1.82) is 0 Å². The van der Waals surface area contributed by atoms with Crippen LogP contribution in [-0.2, 0) is 6.42 Å². The van der Waals surface area contributed by atoms with Gasteiger partial charge in [-0.25, -0.2) is 9.78 Å². The van der Waals surface area contributed by atoms with E-state index in [0.717, 1.165) is 43.5 Å². The minimum absolute atomic E-state index is 0.0212. The molecular weight excluding hydrogens is 366 g/mol. The summed E-state index contributed by atoms with van der Waals surface area (Å²) in [5, 5.41) is 11.4. The van der Waals surface area contributed by atoms with Crippen molar-refractivity contribution in [1.82, 2.24) is 9.88 Å². The van der Waals surface area contributed by atoms with E-state index >= 15 is 0 Å². The number of nitrogen functional groups attached to an aromatic ring is 1. The highest BCUT2D eigenvalue weighted by Crippen LogP contribution is 2.49. The minimum Gasteiger partial charge on any atom is -0.465 e. The summed E-state index contributed by atoms with van der Waals surface area (Å²) in [6, 6.07) is 7.94. The largest absolute Gasteiger partial charge is 0.465 e. The second kappa shape index (κ2) is 6.55. The maximum Gasteiger partial charge on any atom is 0.408 e. The fourth-order valence-corrected chi connectivity index (χ4v) is 6.32. The number of anilines is 1. The summed E-state index contributed by atoms with van der Waals surface area (Å²) >= 11 is 3.18. The van der Waals surface area contributed by atoms with Gasteiger partial charge in [0.25, 0.3) is 0 Å². The van der Waals surface area contributed by atoms with Crippen molar-refractivity contribution < 1.29 is 9.90 Å². The SMILES string of the molecule is CCC1Cc2c(sc(N)c2-c2nc3ccccc3s2)C(CC)N1C(=O)O. The van der Waals surface area contributed by atoms with Crippen LogP contribution in [0.5, 0.6) is 0 Å². The molecule has 1 aliphatic heterocycles. The molecule has 3 N–H and O–H groups in total. The third kappa shape index (κ3) is 2.57. The summed E-state index contributed by atoms with van der Waals surface area (Å²) in [7, 11) is 0. The lowest BCUT2D eigenvalue weighted by Crippen LogP contribution is -2.45. The molecule has 0 saturated heterocycles. The number of nitrogens with zero attached hydrogens (tertiary/aromatic N) is 2. The molecule has 5 nitrogen and oxygen atoms in total. The van der Waals surface area contributed by atoms with Crippen molar-refractivity contribution in [3.8, 4) is 10.6 Å². The van der Waals surface area contributed by atoms with Crippen LogP contribution in [-0.4, -0.2) is 27.1 Å². The third-order valence-electron chi connectivity index (χ3n) is 5.12. The van der Waals surface area contributed by atoms with Crippen LogP contribution in [0.1, 0.15) is 43.2 Å². The molecule has 26 heavy (non-hydrogen) atoms. The van der Waals surface area contributed by atoms with Crippen molar-refractivity contribution >= 4 is 44.0 Å². The van der Waals surface area contributed by atoms with E-state index in [0.29, 0.717) is 6.42 Å². The number of fused-ring (bicyclic) bond motifs is 2. The number of aromatic nitrogens is 1. The third-order valence-corrected chi connectivity index (χ3v) is 7.34. The van der Waals surface area contributed by atoms with E-state index in [4.69, 9.17) is 10.7 Å². The standard InChI is InChI=1S/C19H21N3O2S2/c1-3-10-9-11-15(18-21-12-7-5-6-8-14(12)25-18)17(20)26-16(11)13(4-2)22(10)19(23)24/h5-8,10,13H,3-4,9,20H2,1-2H3,(H,23,24). The fourth-order valence-electron chi connectivity index (χ4n) is 3.92. The zero-order valence-corrected chi connectivity index (χ0v) is 16.4. The number of hydrogen-bond donors (Lipinski definition) is 2. The first-order chi connectivity index (χ1) is 12.5. The normalized spacial score (nSPS) is 19.7. The quantitative estimate of drug-likeness (QED) is 0.633. The highest BCUT2D eigenvalue weighted by molar-refractivity contribution is 7.22. The molecule has 0 spiro atoms. The van der Waals surface area contributed by atoms with Crippen molar-refractivity contribution in [3.05, 3.63) is 34.7 Å². The summed E-state index contributed by atoms with van der Waals surface area (Å²) in [6.07, 6.45) is 1.39. The van der Waals surface area contributed by atoms with Crippen LogP contribution in [0.15, 0.2) is 24.3 Å². The van der Waals surface area contributed by atoms with Gasteiger partial charge >= 0.3 is 6.09 Å². The second-order valence-electron chi connectivity index (χ2n) is 6.55. The number of amides is 1. The molecule has 7 heteroatoms. The first kappa shape index (κ1) is 17.3. The van der Waals surface area contributed by atoms with Crippen LogP contribution in [0.25, 0.3) is 20.8 Å². The second-order valence-corrected chi connectivity index (χ2v) is 8.67. The molecule has 2 atom stereocenters. The molecule has 0 fully saturated rings. The first-order valence-electron chi connectivity index (χ1n) is 8.83. The summed E-state index contributed by atoms with van der Waals surface area (Å²) in [6.45, 7) is 4.08. The van der Waals surface area contributed by atoms with Crippen molar-refractivity contribution in [2.24, 2.45) is 0 Å². The number of nitrogens with two attached hydrogens (primary N) is 1. The lowest BCUT2D eigenvalue weighted by Gasteiger charge is -2.39. The zero-order valence-electron chi connectivity index (χ0n) is 14.7. The van der Waals surface area contributed by atoms with Gasteiger partial charge in [0.2, 0.25) is 0 Å². The Morgan fingerprint density at radius 1 is 1.31 bits per heavy atom. The topological polar surface area (TPSA) is 79.5 Å². The molecule has 0 radical (unpaired) electrons. The molecule has 1 aromatic carbocycles. The summed E-state index contributed by atoms with van der Waals surface area (Å²) in [5.41, 5.74) is 9.62. The van der Waals surface area contributed by atoms with Gasteiger partial charge in [0.1, 0.15) is 5.01 Å². The Hall–Kier alpha value is -2.12. The summed E-state index contributed by atoms with van der Waals surface area (Å²) in [5.74, 6) is 0. The number of thiazole rings is 1. The van der Waals surface area contributed by atoms with E-state index in [1.165, 1.54) is 16.9 Å². The molecule has 2 unspecified atom stereocenters. The highest BCUT2D eigenvalue weighted by atomic mass is 32.1. The zero-order chi connectivity index (χ0) is 18.4. The number of benzene rings is 1. The number of hydrogen-bond acceptors (Lipinski definition) is 5. The lowest BCUT2D eigenvalue weighted by molar-refractivity contribution is 0.0882. The molecule has 0 aliphatic carbocycles. The molecular formula is C19H21N3O2S2.